The van der Waals surface area contributed by atoms with Gasteiger partial charge in [0.05, 0.1) is 6.42 Å². The summed E-state index contributed by atoms with van der Waals surface area (Å²) in [4.78, 5) is 13.7. The Kier molecular flexibility index (Phi) is 4.19. The molecule has 0 aromatic heterocycles. The zero-order valence-corrected chi connectivity index (χ0v) is 10.7. The van der Waals surface area contributed by atoms with E-state index in [1.54, 1.807) is 4.90 Å². The van der Waals surface area contributed by atoms with E-state index in [4.69, 9.17) is 16.7 Å². The number of carbonyl (C=O) groups is 1. The van der Waals surface area contributed by atoms with Gasteiger partial charge in [-0.1, -0.05) is 17.7 Å². The van der Waals surface area contributed by atoms with Crippen LogP contribution in [-0.2, 0) is 11.2 Å². The average molecular weight is 272 g/mol. The van der Waals surface area contributed by atoms with E-state index in [1.165, 1.54) is 18.2 Å². The Morgan fingerprint density at radius 1 is 1.56 bits per heavy atom. The lowest BCUT2D eigenvalue weighted by Gasteiger charge is -2.16. The van der Waals surface area contributed by atoms with Crippen molar-refractivity contribution in [3.8, 4) is 0 Å². The summed E-state index contributed by atoms with van der Waals surface area (Å²) in [5.74, 6) is -0.255. The molecule has 0 spiro atoms. The van der Waals surface area contributed by atoms with Crippen LogP contribution in [0.1, 0.15) is 12.0 Å². The molecule has 1 saturated heterocycles. The van der Waals surface area contributed by atoms with Gasteiger partial charge in [0.15, 0.2) is 0 Å². The third kappa shape index (κ3) is 3.00. The summed E-state index contributed by atoms with van der Waals surface area (Å²) >= 11 is 5.89. The van der Waals surface area contributed by atoms with E-state index in [0.29, 0.717) is 18.7 Å². The highest BCUT2D eigenvalue weighted by Gasteiger charge is 2.25. The number of halogens is 2. The Hall–Kier alpha value is -1.13. The molecule has 5 heteroatoms. The molecule has 1 amide bonds. The molecular formula is C13H15ClFNO2. The fourth-order valence-electron chi connectivity index (χ4n) is 2.15. The Labute approximate surface area is 110 Å². The second kappa shape index (κ2) is 5.67. The fraction of sp³-hybridized carbons (Fsp3) is 0.462. The number of rotatable bonds is 3. The van der Waals surface area contributed by atoms with Crippen LogP contribution in [-0.4, -0.2) is 35.6 Å². The molecule has 3 nitrogen and oxygen atoms in total. The first kappa shape index (κ1) is 13.3. The minimum absolute atomic E-state index is 0.0283. The van der Waals surface area contributed by atoms with Crippen molar-refractivity contribution in [1.82, 2.24) is 4.90 Å². The van der Waals surface area contributed by atoms with Gasteiger partial charge in [0, 0.05) is 30.6 Å². The smallest absolute Gasteiger partial charge is 0.227 e. The minimum Gasteiger partial charge on any atom is -0.396 e. The van der Waals surface area contributed by atoms with E-state index in [1.807, 2.05) is 0 Å². The van der Waals surface area contributed by atoms with Crippen LogP contribution in [0, 0.1) is 11.7 Å². The van der Waals surface area contributed by atoms with Crippen LogP contribution in [0.25, 0.3) is 0 Å². The highest BCUT2D eigenvalue weighted by atomic mass is 35.5. The molecule has 2 rings (SSSR count). The predicted molar refractivity (Wildman–Crippen MR) is 66.9 cm³/mol. The molecule has 1 aliphatic rings. The molecule has 0 radical (unpaired) electrons. The molecule has 1 aromatic rings. The average Bonchev–Trinajstić information content (AvgIpc) is 2.81. The van der Waals surface area contributed by atoms with Gasteiger partial charge in [-0.2, -0.15) is 0 Å². The van der Waals surface area contributed by atoms with Crippen molar-refractivity contribution in [2.24, 2.45) is 5.92 Å². The maximum atomic E-state index is 12.9. The lowest BCUT2D eigenvalue weighted by molar-refractivity contribution is -0.129. The van der Waals surface area contributed by atoms with E-state index in [2.05, 4.69) is 0 Å². The third-order valence-corrected chi connectivity index (χ3v) is 3.61. The van der Waals surface area contributed by atoms with Crippen molar-refractivity contribution in [2.45, 2.75) is 12.8 Å². The van der Waals surface area contributed by atoms with Gasteiger partial charge in [-0.05, 0) is 24.1 Å². The van der Waals surface area contributed by atoms with E-state index >= 15 is 0 Å². The summed E-state index contributed by atoms with van der Waals surface area (Å²) in [5, 5.41) is 9.31. The van der Waals surface area contributed by atoms with Gasteiger partial charge in [0.25, 0.3) is 0 Å². The van der Waals surface area contributed by atoms with Crippen LogP contribution in [0.15, 0.2) is 18.2 Å². The molecule has 1 unspecified atom stereocenters. The Morgan fingerprint density at radius 3 is 2.94 bits per heavy atom. The van der Waals surface area contributed by atoms with E-state index in [-0.39, 0.29) is 29.9 Å². The summed E-state index contributed by atoms with van der Waals surface area (Å²) in [7, 11) is 0. The van der Waals surface area contributed by atoms with E-state index < -0.39 is 5.82 Å². The Balaban J connectivity index is 1.99. The van der Waals surface area contributed by atoms with Gasteiger partial charge in [0.2, 0.25) is 5.91 Å². The van der Waals surface area contributed by atoms with Gasteiger partial charge in [-0.3, -0.25) is 4.79 Å². The molecule has 0 aliphatic carbocycles. The summed E-state index contributed by atoms with van der Waals surface area (Å²) in [6, 6.07) is 4.05. The first-order chi connectivity index (χ1) is 8.60. The first-order valence-corrected chi connectivity index (χ1v) is 6.30. The number of amides is 1. The van der Waals surface area contributed by atoms with Crippen molar-refractivity contribution in [3.63, 3.8) is 0 Å². The molecule has 0 saturated carbocycles. The number of nitrogens with zero attached hydrogens (tertiary/aromatic N) is 1. The molecule has 1 atom stereocenters. The Morgan fingerprint density at radius 2 is 2.33 bits per heavy atom. The largest absolute Gasteiger partial charge is 0.396 e. The van der Waals surface area contributed by atoms with Crippen LogP contribution in [0.5, 0.6) is 0 Å². The SMILES string of the molecule is O=C(Cc1ccc(F)cc1Cl)N1CCC(CO)C1. The predicted octanol–water partition coefficient (Wildman–Crippen LogP) is 1.86. The van der Waals surface area contributed by atoms with Gasteiger partial charge in [0.1, 0.15) is 5.82 Å². The molecule has 18 heavy (non-hydrogen) atoms. The molecule has 1 N–H and O–H groups in total. The molecule has 98 valence electrons. The summed E-state index contributed by atoms with van der Waals surface area (Å²) in [5.41, 5.74) is 0.635. The number of benzene rings is 1. The number of carbonyl (C=O) groups excluding carboxylic acids is 1. The molecule has 1 aromatic carbocycles. The fourth-order valence-corrected chi connectivity index (χ4v) is 2.38. The topological polar surface area (TPSA) is 40.5 Å². The van der Waals surface area contributed by atoms with Crippen LogP contribution in [0.3, 0.4) is 0 Å². The number of hydrogen-bond acceptors (Lipinski definition) is 2. The quantitative estimate of drug-likeness (QED) is 0.912. The number of hydrogen-bond donors (Lipinski definition) is 1. The first-order valence-electron chi connectivity index (χ1n) is 5.92. The maximum absolute atomic E-state index is 12.9. The summed E-state index contributed by atoms with van der Waals surface area (Å²) in [6.45, 7) is 1.37. The second-order valence-electron chi connectivity index (χ2n) is 4.59. The lowest BCUT2D eigenvalue weighted by atomic mass is 10.1. The van der Waals surface area contributed by atoms with Crippen LogP contribution >= 0.6 is 11.6 Å². The highest BCUT2D eigenvalue weighted by Crippen LogP contribution is 2.21. The van der Waals surface area contributed by atoms with Crippen molar-refractivity contribution in [1.29, 1.82) is 0 Å². The second-order valence-corrected chi connectivity index (χ2v) is 5.00. The molecule has 1 heterocycles. The van der Waals surface area contributed by atoms with Crippen LogP contribution in [0.2, 0.25) is 5.02 Å². The normalized spacial score (nSPS) is 19.3. The highest BCUT2D eigenvalue weighted by molar-refractivity contribution is 6.31. The zero-order valence-electron chi connectivity index (χ0n) is 9.90. The number of likely N-dealkylation sites (tertiary alicyclic amines) is 1. The van der Waals surface area contributed by atoms with E-state index in [0.717, 1.165) is 6.42 Å². The van der Waals surface area contributed by atoms with Gasteiger partial charge < -0.3 is 10.0 Å². The number of aliphatic hydroxyl groups is 1. The van der Waals surface area contributed by atoms with Crippen LogP contribution in [0.4, 0.5) is 4.39 Å². The monoisotopic (exact) mass is 271 g/mol. The van der Waals surface area contributed by atoms with Crippen molar-refractivity contribution in [3.05, 3.63) is 34.6 Å². The van der Waals surface area contributed by atoms with Crippen LogP contribution < -0.4 is 0 Å². The van der Waals surface area contributed by atoms with Crippen molar-refractivity contribution >= 4 is 17.5 Å². The van der Waals surface area contributed by atoms with Crippen molar-refractivity contribution < 1.29 is 14.3 Å². The van der Waals surface area contributed by atoms with Gasteiger partial charge in [-0.25, -0.2) is 4.39 Å². The zero-order chi connectivity index (χ0) is 13.1. The van der Waals surface area contributed by atoms with E-state index in [9.17, 15) is 9.18 Å². The number of aliphatic hydroxyl groups excluding tert-OH is 1. The molecule has 0 bridgehead atoms. The minimum atomic E-state index is -0.405. The standard InChI is InChI=1S/C13H15ClFNO2/c14-12-6-11(15)2-1-10(12)5-13(18)16-4-3-9(7-16)8-17/h1-2,6,9,17H,3-5,7-8H2. The van der Waals surface area contributed by atoms with Gasteiger partial charge in [-0.15, -0.1) is 0 Å². The Bertz CT molecular complexity index is 453. The van der Waals surface area contributed by atoms with Gasteiger partial charge >= 0.3 is 0 Å². The maximum Gasteiger partial charge on any atom is 0.227 e. The summed E-state index contributed by atoms with van der Waals surface area (Å²) < 4.78 is 12.9. The third-order valence-electron chi connectivity index (χ3n) is 3.25. The molecule has 1 aliphatic heterocycles. The molecular weight excluding hydrogens is 257 g/mol. The molecule has 1 fully saturated rings. The summed E-state index contributed by atoms with van der Waals surface area (Å²) in [6.07, 6.45) is 1.01. The van der Waals surface area contributed by atoms with Crippen molar-refractivity contribution in [2.75, 3.05) is 19.7 Å². The lowest BCUT2D eigenvalue weighted by Crippen LogP contribution is -2.30.